The molecule has 0 saturated carbocycles. The van der Waals surface area contributed by atoms with E-state index in [9.17, 15) is 0 Å². The van der Waals surface area contributed by atoms with Gasteiger partial charge >= 0.3 is 37.8 Å². The van der Waals surface area contributed by atoms with Gasteiger partial charge in [0.25, 0.3) is 0 Å². The number of rotatable bonds is 0. The normalized spacial score (nSPS) is 5.89. The van der Waals surface area contributed by atoms with Gasteiger partial charge in [0.1, 0.15) is 0 Å². The van der Waals surface area contributed by atoms with E-state index in [0.29, 0.717) is 0 Å². The second-order valence-electron chi connectivity index (χ2n) is 0.599. The van der Waals surface area contributed by atoms with Crippen molar-refractivity contribution in [1.82, 2.24) is 0 Å². The summed E-state index contributed by atoms with van der Waals surface area (Å²) in [4.78, 5) is 14.3. The molecule has 56 valence electrons. The fourth-order valence-electron chi connectivity index (χ4n) is 0. The molecule has 0 fully saturated rings. The third kappa shape index (κ3) is 247. The van der Waals surface area contributed by atoms with Crippen LogP contribution >= 0.6 is 20.9 Å². The van der Waals surface area contributed by atoms with Gasteiger partial charge in [0.05, 0.1) is 0 Å². The van der Waals surface area contributed by atoms with Crippen LogP contribution in [0.5, 0.6) is 0 Å². The summed E-state index contributed by atoms with van der Waals surface area (Å²) < 4.78 is 8.74. The van der Waals surface area contributed by atoms with Crippen LogP contribution in [0.1, 0.15) is 6.92 Å². The summed E-state index contributed by atoms with van der Waals surface area (Å²) in [5.74, 6) is 0.944. The minimum atomic E-state index is -3.13. The van der Waals surface area contributed by atoms with Crippen molar-refractivity contribution >= 4 is 50.4 Å². The van der Waals surface area contributed by atoms with E-state index in [2.05, 4.69) is 12.6 Å². The molecule has 4 N–H and O–H groups in total. The van der Waals surface area contributed by atoms with Crippen molar-refractivity contribution in [1.29, 1.82) is 0 Å². The van der Waals surface area contributed by atoms with E-state index >= 15 is 0 Å². The predicted octanol–water partition coefficient (Wildman–Crippen LogP) is -1.18. The Bertz CT molecular complexity index is 49.8. The number of hydrogen-bond donors (Lipinski definition) is 3. The zero-order valence-electron chi connectivity index (χ0n) is 4.46. The van der Waals surface area contributed by atoms with Gasteiger partial charge in [0, 0.05) is 0 Å². The zero-order valence-corrected chi connectivity index (χ0v) is 6.35. The maximum absolute atomic E-state index is 8.74. The van der Waals surface area contributed by atoms with E-state index in [-0.39, 0.29) is 35.0 Å². The monoisotopic (exact) mass is 186 g/mol. The topological polar surface area (TPSA) is 89.0 Å². The van der Waals surface area contributed by atoms with Crippen molar-refractivity contribution in [3.63, 3.8) is 0 Å². The molecule has 0 heterocycles. The van der Waals surface area contributed by atoms with Crippen molar-refractivity contribution in [2.24, 2.45) is 0 Å². The minimum absolute atomic E-state index is 0. The van der Waals surface area contributed by atoms with E-state index < -0.39 is 8.25 Å². The zero-order chi connectivity index (χ0) is 6.28. The number of hydrogen-bond acceptors (Lipinski definition) is 2. The third-order valence-corrected chi connectivity index (χ3v) is 0. The van der Waals surface area contributed by atoms with Crippen LogP contribution in [0.25, 0.3) is 0 Å². The molecule has 0 aromatic heterocycles. The summed E-state index contributed by atoms with van der Waals surface area (Å²) >= 11 is 3.79. The molecule has 7 heteroatoms. The first-order valence-electron chi connectivity index (χ1n) is 1.67. The van der Waals surface area contributed by atoms with E-state index in [1.807, 2.05) is 6.92 Å². The Hall–Kier alpha value is 1.46. The van der Waals surface area contributed by atoms with Crippen molar-refractivity contribution < 1.29 is 19.8 Å². The molecule has 0 aliphatic heterocycles. The number of thiol groups is 1. The summed E-state index contributed by atoms with van der Waals surface area (Å²) in [5.41, 5.74) is 0. The standard InChI is InChI=1S/C2H6S.Na.H3O3P.H2O.H/c1-2-3;;1-4(2)3;;/h3H,2H2,1H3;;4H,(H2,1,2,3);1H2;. The summed E-state index contributed by atoms with van der Waals surface area (Å²) in [7, 11) is -3.13. The molecule has 0 unspecified atom stereocenters. The Kier molecular flexibility index (Phi) is 56.6. The second kappa shape index (κ2) is 22.7. The Morgan fingerprint density at radius 3 is 1.56 bits per heavy atom. The fraction of sp³-hybridized carbons (Fsp3) is 1.00. The molecular weight excluding hydrogens is 174 g/mol. The van der Waals surface area contributed by atoms with Gasteiger partial charge in [-0.1, -0.05) is 6.92 Å². The van der Waals surface area contributed by atoms with Gasteiger partial charge in [0.15, 0.2) is 0 Å². The first kappa shape index (κ1) is 22.4. The summed E-state index contributed by atoms with van der Waals surface area (Å²) in [6.07, 6.45) is 0. The Morgan fingerprint density at radius 2 is 1.56 bits per heavy atom. The van der Waals surface area contributed by atoms with Gasteiger partial charge < -0.3 is 15.3 Å². The molecule has 0 rings (SSSR count). The average Bonchev–Trinajstić information content (AvgIpc) is 1.33. The molecule has 0 atom stereocenters. The molecule has 0 aliphatic carbocycles. The van der Waals surface area contributed by atoms with Crippen molar-refractivity contribution in [2.75, 3.05) is 5.75 Å². The fourth-order valence-corrected chi connectivity index (χ4v) is 0. The molecule has 4 nitrogen and oxygen atoms in total. The van der Waals surface area contributed by atoms with Crippen LogP contribution < -0.4 is 0 Å². The average molecular weight is 186 g/mol. The first-order valence-corrected chi connectivity index (χ1v) is 3.61. The molecule has 0 amide bonds. The molecular formula is C2H12NaO4PS. The van der Waals surface area contributed by atoms with E-state index in [1.54, 1.807) is 0 Å². The Balaban J connectivity index is -0.0000000233. The van der Waals surface area contributed by atoms with Crippen molar-refractivity contribution in [3.05, 3.63) is 0 Å². The van der Waals surface area contributed by atoms with Gasteiger partial charge in [0.2, 0.25) is 0 Å². The van der Waals surface area contributed by atoms with Gasteiger partial charge in [-0.05, 0) is 5.75 Å². The Labute approximate surface area is 82.6 Å². The van der Waals surface area contributed by atoms with E-state index in [0.717, 1.165) is 5.75 Å². The SMILES string of the molecule is CCS.O.O=[PH](O)O.[NaH]. The van der Waals surface area contributed by atoms with Crippen molar-refractivity contribution in [2.45, 2.75) is 6.92 Å². The van der Waals surface area contributed by atoms with Crippen molar-refractivity contribution in [3.8, 4) is 0 Å². The molecule has 0 bridgehead atoms. The summed E-state index contributed by atoms with van der Waals surface area (Å²) in [6, 6.07) is 0. The Morgan fingerprint density at radius 1 is 1.56 bits per heavy atom. The van der Waals surface area contributed by atoms with Crippen LogP contribution in [0.15, 0.2) is 0 Å². The molecule has 0 aliphatic rings. The van der Waals surface area contributed by atoms with Gasteiger partial charge in [-0.3, -0.25) is 4.57 Å². The summed E-state index contributed by atoms with van der Waals surface area (Å²) in [5, 5.41) is 0. The third-order valence-electron chi connectivity index (χ3n) is 0. The van der Waals surface area contributed by atoms with E-state index in [4.69, 9.17) is 14.4 Å². The molecule has 0 spiro atoms. The molecule has 0 aromatic carbocycles. The van der Waals surface area contributed by atoms with Crippen LogP contribution in [0.3, 0.4) is 0 Å². The maximum atomic E-state index is 8.74. The van der Waals surface area contributed by atoms with Gasteiger partial charge in [-0.25, -0.2) is 0 Å². The van der Waals surface area contributed by atoms with Gasteiger partial charge in [-0.2, -0.15) is 12.6 Å². The predicted molar refractivity (Wildman–Crippen MR) is 43.7 cm³/mol. The van der Waals surface area contributed by atoms with Crippen LogP contribution in [0, 0.1) is 0 Å². The van der Waals surface area contributed by atoms with E-state index in [1.165, 1.54) is 0 Å². The van der Waals surface area contributed by atoms with Crippen LogP contribution in [0.4, 0.5) is 0 Å². The van der Waals surface area contributed by atoms with Crippen LogP contribution in [-0.2, 0) is 4.57 Å². The molecule has 9 heavy (non-hydrogen) atoms. The van der Waals surface area contributed by atoms with Crippen LogP contribution in [-0.4, -0.2) is 50.6 Å². The molecule has 0 aromatic rings. The first-order chi connectivity index (χ1) is 3.15. The van der Waals surface area contributed by atoms with Crippen LogP contribution in [0.2, 0.25) is 0 Å². The molecule has 0 radical (unpaired) electrons. The quantitative estimate of drug-likeness (QED) is 0.253. The second-order valence-corrected chi connectivity index (χ2v) is 1.80. The summed E-state index contributed by atoms with van der Waals surface area (Å²) in [6.45, 7) is 1.99. The molecule has 0 saturated heterocycles. The van der Waals surface area contributed by atoms with Gasteiger partial charge in [-0.15, -0.1) is 0 Å².